The molecule has 1 aliphatic heterocycles. The van der Waals surface area contributed by atoms with Gasteiger partial charge in [0.25, 0.3) is 0 Å². The molecule has 0 spiro atoms. The molecule has 1 aromatic heterocycles. The number of nitrogens with one attached hydrogen (secondary N) is 1. The number of hydrogen-bond donors (Lipinski definition) is 1. The molecule has 25 heavy (non-hydrogen) atoms. The molecule has 136 valence electrons. The summed E-state index contributed by atoms with van der Waals surface area (Å²) in [5.41, 5.74) is 1.62. The van der Waals surface area contributed by atoms with Crippen molar-refractivity contribution in [1.29, 1.82) is 0 Å². The van der Waals surface area contributed by atoms with Gasteiger partial charge in [-0.05, 0) is 39.1 Å². The van der Waals surface area contributed by atoms with Gasteiger partial charge in [-0.25, -0.2) is 0 Å². The number of hydrogen-bond acceptors (Lipinski definition) is 4. The third kappa shape index (κ3) is 4.82. The molecular formula is C19H26ClN3O2. The van der Waals surface area contributed by atoms with E-state index in [4.69, 9.17) is 16.3 Å². The van der Waals surface area contributed by atoms with E-state index in [1.807, 2.05) is 0 Å². The fourth-order valence-corrected chi connectivity index (χ4v) is 3.49. The summed E-state index contributed by atoms with van der Waals surface area (Å²) in [6, 6.07) is 7.11. The van der Waals surface area contributed by atoms with Gasteiger partial charge in [-0.1, -0.05) is 17.7 Å². The van der Waals surface area contributed by atoms with Crippen LogP contribution in [0, 0.1) is 0 Å². The Morgan fingerprint density at radius 1 is 1.32 bits per heavy atom. The monoisotopic (exact) mass is 363 g/mol. The molecule has 0 bridgehead atoms. The molecule has 2 aromatic rings. The number of ether oxygens (including phenoxy) is 1. The first kappa shape index (κ1) is 18.4. The van der Waals surface area contributed by atoms with Gasteiger partial charge in [-0.3, -0.25) is 9.69 Å². The molecule has 0 aliphatic carbocycles. The first-order valence-electron chi connectivity index (χ1n) is 8.82. The van der Waals surface area contributed by atoms with Crippen molar-refractivity contribution in [3.8, 4) is 0 Å². The number of halogens is 1. The molecule has 1 fully saturated rings. The van der Waals surface area contributed by atoms with Gasteiger partial charge in [0.1, 0.15) is 0 Å². The Labute approximate surface area is 153 Å². The largest absolute Gasteiger partial charge is 0.377 e. The SMILES string of the molecule is CN(C)CCN(Cc1cc(=O)c2cccc(Cl)c2[nH]1)C[C@@H]1CCCO1. The highest BCUT2D eigenvalue weighted by atomic mass is 35.5. The third-order valence-electron chi connectivity index (χ3n) is 4.61. The molecule has 0 saturated carbocycles. The number of aromatic amines is 1. The topological polar surface area (TPSA) is 48.6 Å². The van der Waals surface area contributed by atoms with E-state index >= 15 is 0 Å². The van der Waals surface area contributed by atoms with Crippen LogP contribution in [0.15, 0.2) is 29.1 Å². The van der Waals surface area contributed by atoms with E-state index in [0.717, 1.165) is 50.3 Å². The van der Waals surface area contributed by atoms with Crippen molar-refractivity contribution in [2.24, 2.45) is 0 Å². The lowest BCUT2D eigenvalue weighted by molar-refractivity contribution is 0.0679. The van der Waals surface area contributed by atoms with Crippen molar-refractivity contribution in [2.75, 3.05) is 40.3 Å². The predicted molar refractivity (Wildman–Crippen MR) is 102 cm³/mol. The zero-order valence-electron chi connectivity index (χ0n) is 14.9. The molecule has 0 radical (unpaired) electrons. The summed E-state index contributed by atoms with van der Waals surface area (Å²) in [5, 5.41) is 1.21. The zero-order valence-corrected chi connectivity index (χ0v) is 15.7. The quantitative estimate of drug-likeness (QED) is 0.821. The van der Waals surface area contributed by atoms with Gasteiger partial charge in [0, 0.05) is 49.9 Å². The summed E-state index contributed by atoms with van der Waals surface area (Å²) in [5.74, 6) is 0. The first-order chi connectivity index (χ1) is 12.0. The number of para-hydroxylation sites is 1. The lowest BCUT2D eigenvalue weighted by Gasteiger charge is -2.26. The van der Waals surface area contributed by atoms with Crippen molar-refractivity contribution < 1.29 is 4.74 Å². The van der Waals surface area contributed by atoms with E-state index in [1.54, 1.807) is 24.3 Å². The van der Waals surface area contributed by atoms with Crippen molar-refractivity contribution in [3.05, 3.63) is 45.2 Å². The average molecular weight is 364 g/mol. The molecule has 1 aromatic carbocycles. The number of aromatic nitrogens is 1. The van der Waals surface area contributed by atoms with Crippen LogP contribution >= 0.6 is 11.6 Å². The Hall–Kier alpha value is -1.40. The average Bonchev–Trinajstić information content (AvgIpc) is 3.07. The van der Waals surface area contributed by atoms with Crippen LogP contribution in [0.3, 0.4) is 0 Å². The van der Waals surface area contributed by atoms with Crippen LogP contribution in [0.4, 0.5) is 0 Å². The number of nitrogens with zero attached hydrogens (tertiary/aromatic N) is 2. The lowest BCUT2D eigenvalue weighted by atomic mass is 10.1. The minimum atomic E-state index is 0.0101. The summed E-state index contributed by atoms with van der Waals surface area (Å²) in [6.45, 7) is 4.32. The van der Waals surface area contributed by atoms with E-state index in [0.29, 0.717) is 17.0 Å². The number of benzene rings is 1. The van der Waals surface area contributed by atoms with E-state index in [9.17, 15) is 4.79 Å². The van der Waals surface area contributed by atoms with Gasteiger partial charge in [-0.2, -0.15) is 0 Å². The van der Waals surface area contributed by atoms with Crippen LogP contribution < -0.4 is 5.43 Å². The predicted octanol–water partition coefficient (Wildman–Crippen LogP) is 2.72. The first-order valence-corrected chi connectivity index (χ1v) is 9.20. The molecule has 0 unspecified atom stereocenters. The number of likely N-dealkylation sites (N-methyl/N-ethyl adjacent to an activating group) is 1. The number of fused-ring (bicyclic) bond motifs is 1. The Balaban J connectivity index is 1.80. The second kappa shape index (κ2) is 8.32. The molecule has 1 N–H and O–H groups in total. The molecule has 3 rings (SSSR count). The second-order valence-corrected chi connectivity index (χ2v) is 7.40. The summed E-state index contributed by atoms with van der Waals surface area (Å²) >= 11 is 6.27. The van der Waals surface area contributed by atoms with E-state index < -0.39 is 0 Å². The second-order valence-electron chi connectivity index (χ2n) is 6.99. The summed E-state index contributed by atoms with van der Waals surface area (Å²) < 4.78 is 5.79. The van der Waals surface area contributed by atoms with Gasteiger partial charge in [-0.15, -0.1) is 0 Å². The van der Waals surface area contributed by atoms with Gasteiger partial charge in [0.15, 0.2) is 5.43 Å². The zero-order chi connectivity index (χ0) is 17.8. The normalized spacial score (nSPS) is 17.9. The third-order valence-corrected chi connectivity index (χ3v) is 4.93. The van der Waals surface area contributed by atoms with Crippen LogP contribution in [0.25, 0.3) is 10.9 Å². The van der Waals surface area contributed by atoms with E-state index in [-0.39, 0.29) is 11.5 Å². The van der Waals surface area contributed by atoms with Crippen molar-refractivity contribution in [3.63, 3.8) is 0 Å². The highest BCUT2D eigenvalue weighted by Gasteiger charge is 2.20. The Kier molecular flexibility index (Phi) is 6.12. The van der Waals surface area contributed by atoms with Crippen LogP contribution in [0.5, 0.6) is 0 Å². The summed E-state index contributed by atoms with van der Waals surface area (Å²) in [7, 11) is 4.14. The molecule has 1 saturated heterocycles. The molecule has 1 aliphatic rings. The number of rotatable bonds is 7. The van der Waals surface area contributed by atoms with Gasteiger partial charge in [0.2, 0.25) is 0 Å². The van der Waals surface area contributed by atoms with Gasteiger partial charge >= 0.3 is 0 Å². The van der Waals surface area contributed by atoms with Crippen molar-refractivity contribution in [2.45, 2.75) is 25.5 Å². The maximum atomic E-state index is 12.4. The van der Waals surface area contributed by atoms with Crippen LogP contribution in [0.1, 0.15) is 18.5 Å². The fourth-order valence-electron chi connectivity index (χ4n) is 3.27. The van der Waals surface area contributed by atoms with Crippen LogP contribution in [-0.2, 0) is 11.3 Å². The number of H-pyrrole nitrogens is 1. The maximum absolute atomic E-state index is 12.4. The molecule has 6 heteroatoms. The van der Waals surface area contributed by atoms with Crippen LogP contribution in [0.2, 0.25) is 5.02 Å². The Bertz CT molecular complexity index is 769. The molecule has 0 amide bonds. The van der Waals surface area contributed by atoms with E-state index in [1.165, 1.54) is 0 Å². The molecule has 5 nitrogen and oxygen atoms in total. The van der Waals surface area contributed by atoms with Gasteiger partial charge < -0.3 is 14.6 Å². The van der Waals surface area contributed by atoms with E-state index in [2.05, 4.69) is 28.9 Å². The lowest BCUT2D eigenvalue weighted by Crippen LogP contribution is -2.37. The standard InChI is InChI=1S/C19H26ClN3O2/c1-22(2)8-9-23(13-15-5-4-10-25-15)12-14-11-18(24)16-6-3-7-17(20)19(16)21-14/h3,6-7,11,15H,4-5,8-10,12-13H2,1-2H3,(H,21,24)/t15-/m0/s1. The summed E-state index contributed by atoms with van der Waals surface area (Å²) in [6.07, 6.45) is 2.53. The highest BCUT2D eigenvalue weighted by molar-refractivity contribution is 6.35. The van der Waals surface area contributed by atoms with Gasteiger partial charge in [0.05, 0.1) is 16.6 Å². The molecule has 2 heterocycles. The summed E-state index contributed by atoms with van der Waals surface area (Å²) in [4.78, 5) is 20.3. The fraction of sp³-hybridized carbons (Fsp3) is 0.526. The Morgan fingerprint density at radius 3 is 2.88 bits per heavy atom. The molecule has 1 atom stereocenters. The Morgan fingerprint density at radius 2 is 2.16 bits per heavy atom. The molecular weight excluding hydrogens is 338 g/mol. The minimum Gasteiger partial charge on any atom is -0.377 e. The minimum absolute atomic E-state index is 0.0101. The van der Waals surface area contributed by atoms with Crippen molar-refractivity contribution >= 4 is 22.5 Å². The number of pyridine rings is 1. The smallest absolute Gasteiger partial charge is 0.189 e. The maximum Gasteiger partial charge on any atom is 0.189 e. The van der Waals surface area contributed by atoms with Crippen LogP contribution in [-0.4, -0.2) is 61.2 Å². The highest BCUT2D eigenvalue weighted by Crippen LogP contribution is 2.20. The van der Waals surface area contributed by atoms with Crippen molar-refractivity contribution in [1.82, 2.24) is 14.8 Å².